The summed E-state index contributed by atoms with van der Waals surface area (Å²) in [6, 6.07) is 8.42. The van der Waals surface area contributed by atoms with Crippen LogP contribution in [0.3, 0.4) is 0 Å². The second-order valence-electron chi connectivity index (χ2n) is 5.11. The van der Waals surface area contributed by atoms with E-state index in [9.17, 15) is 5.26 Å². The van der Waals surface area contributed by atoms with Crippen molar-refractivity contribution in [1.29, 1.82) is 5.26 Å². The van der Waals surface area contributed by atoms with E-state index in [0.717, 1.165) is 35.3 Å². The van der Waals surface area contributed by atoms with Gasteiger partial charge in [0.25, 0.3) is 0 Å². The van der Waals surface area contributed by atoms with Crippen molar-refractivity contribution in [1.82, 2.24) is 10.2 Å². The van der Waals surface area contributed by atoms with E-state index in [2.05, 4.69) is 34.6 Å². The van der Waals surface area contributed by atoms with Crippen molar-refractivity contribution >= 4 is 11.5 Å². The maximum Gasteiger partial charge on any atom is 0.171 e. The number of hydrogen-bond acceptors (Lipinski definition) is 4. The minimum Gasteiger partial charge on any atom is -0.337 e. The van der Waals surface area contributed by atoms with Crippen LogP contribution in [-0.4, -0.2) is 10.2 Å². The molecule has 1 N–H and O–H groups in total. The minimum absolute atomic E-state index is 0.540. The first kappa shape index (κ1) is 15.0. The van der Waals surface area contributed by atoms with Gasteiger partial charge in [-0.15, -0.1) is 5.10 Å². The third-order valence-corrected chi connectivity index (χ3v) is 3.59. The van der Waals surface area contributed by atoms with Crippen LogP contribution in [0.1, 0.15) is 41.8 Å². The van der Waals surface area contributed by atoms with Crippen LogP contribution in [0.25, 0.3) is 0 Å². The van der Waals surface area contributed by atoms with Gasteiger partial charge in [-0.05, 0) is 43.9 Å². The summed E-state index contributed by atoms with van der Waals surface area (Å²) < 4.78 is 0. The lowest BCUT2D eigenvalue weighted by Crippen LogP contribution is -2.07. The molecule has 0 aliphatic rings. The molecule has 1 heterocycles. The van der Waals surface area contributed by atoms with Gasteiger partial charge in [-0.1, -0.05) is 31.5 Å². The summed E-state index contributed by atoms with van der Waals surface area (Å²) in [5.41, 5.74) is 5.78. The Morgan fingerprint density at radius 1 is 1.14 bits per heavy atom. The highest BCUT2D eigenvalue weighted by atomic mass is 15.2. The zero-order chi connectivity index (χ0) is 15.4. The number of anilines is 2. The average molecular weight is 280 g/mol. The lowest BCUT2D eigenvalue weighted by atomic mass is 10.0. The van der Waals surface area contributed by atoms with Crippen molar-refractivity contribution in [3.63, 3.8) is 0 Å². The molecule has 2 rings (SSSR count). The van der Waals surface area contributed by atoms with Crippen LogP contribution in [0.2, 0.25) is 0 Å². The third-order valence-electron chi connectivity index (χ3n) is 3.59. The van der Waals surface area contributed by atoms with E-state index in [0.29, 0.717) is 11.4 Å². The van der Waals surface area contributed by atoms with E-state index in [1.54, 1.807) is 0 Å². The Morgan fingerprint density at radius 3 is 2.48 bits per heavy atom. The Bertz CT molecular complexity index is 699. The molecule has 0 aliphatic carbocycles. The first-order valence-electron chi connectivity index (χ1n) is 7.23. The third kappa shape index (κ3) is 3.03. The maximum absolute atomic E-state index is 9.48. The number of hydrogen-bond donors (Lipinski definition) is 1. The van der Waals surface area contributed by atoms with E-state index in [1.165, 1.54) is 5.56 Å². The van der Waals surface area contributed by atoms with Crippen LogP contribution in [0, 0.1) is 25.2 Å². The van der Waals surface area contributed by atoms with Crippen molar-refractivity contribution < 1.29 is 0 Å². The molecule has 0 bridgehead atoms. The number of benzene rings is 1. The van der Waals surface area contributed by atoms with Crippen molar-refractivity contribution in [3.8, 4) is 6.07 Å². The highest BCUT2D eigenvalue weighted by Gasteiger charge is 2.14. The second-order valence-corrected chi connectivity index (χ2v) is 5.11. The molecule has 108 valence electrons. The number of aromatic nitrogens is 2. The van der Waals surface area contributed by atoms with Gasteiger partial charge < -0.3 is 5.32 Å². The molecule has 1 aromatic carbocycles. The van der Waals surface area contributed by atoms with E-state index in [-0.39, 0.29) is 0 Å². The summed E-state index contributed by atoms with van der Waals surface area (Å²) in [5, 5.41) is 21.2. The SMILES string of the molecule is CCc1nnc(Nc2ccc(C)cc2C)c(C#N)c1CC. The molecule has 2 aromatic rings. The maximum atomic E-state index is 9.48. The fourth-order valence-corrected chi connectivity index (χ4v) is 2.46. The number of nitrogens with zero attached hydrogens (tertiary/aromatic N) is 3. The standard InChI is InChI=1S/C17H20N4/c1-5-13-14(10-18)17(21-20-15(13)6-2)19-16-8-7-11(3)9-12(16)4/h7-9H,5-6H2,1-4H3,(H,19,21). The molecule has 0 fully saturated rings. The van der Waals surface area contributed by atoms with Gasteiger partial charge in [-0.2, -0.15) is 10.4 Å². The van der Waals surface area contributed by atoms with Crippen LogP contribution in [-0.2, 0) is 12.8 Å². The van der Waals surface area contributed by atoms with Crippen LogP contribution in [0.5, 0.6) is 0 Å². The van der Waals surface area contributed by atoms with Crippen molar-refractivity contribution in [3.05, 3.63) is 46.1 Å². The molecule has 0 spiro atoms. The molecule has 21 heavy (non-hydrogen) atoms. The van der Waals surface area contributed by atoms with Crippen molar-refractivity contribution in [2.75, 3.05) is 5.32 Å². The monoisotopic (exact) mass is 280 g/mol. The average Bonchev–Trinajstić information content (AvgIpc) is 2.49. The lowest BCUT2D eigenvalue weighted by Gasteiger charge is -2.13. The molecular weight excluding hydrogens is 260 g/mol. The zero-order valence-electron chi connectivity index (χ0n) is 13.0. The first-order valence-corrected chi connectivity index (χ1v) is 7.23. The van der Waals surface area contributed by atoms with E-state index >= 15 is 0 Å². The number of aryl methyl sites for hydroxylation is 3. The Morgan fingerprint density at radius 2 is 1.90 bits per heavy atom. The summed E-state index contributed by atoms with van der Waals surface area (Å²) in [6.45, 7) is 8.16. The number of rotatable bonds is 4. The normalized spacial score (nSPS) is 10.2. The topological polar surface area (TPSA) is 61.6 Å². The fraction of sp³-hybridized carbons (Fsp3) is 0.353. The van der Waals surface area contributed by atoms with Crippen LogP contribution in [0.15, 0.2) is 18.2 Å². The Kier molecular flexibility index (Phi) is 4.54. The first-order chi connectivity index (χ1) is 10.1. The summed E-state index contributed by atoms with van der Waals surface area (Å²) in [6.07, 6.45) is 1.57. The van der Waals surface area contributed by atoms with Gasteiger partial charge in [0.1, 0.15) is 11.6 Å². The zero-order valence-corrected chi connectivity index (χ0v) is 13.0. The molecule has 4 nitrogen and oxygen atoms in total. The Balaban J connectivity index is 2.47. The van der Waals surface area contributed by atoms with E-state index in [1.807, 2.05) is 32.9 Å². The summed E-state index contributed by atoms with van der Waals surface area (Å²) >= 11 is 0. The van der Waals surface area contributed by atoms with Crippen molar-refractivity contribution in [2.24, 2.45) is 0 Å². The quantitative estimate of drug-likeness (QED) is 0.924. The Hall–Kier alpha value is -2.41. The second kappa shape index (κ2) is 6.36. The molecule has 0 saturated heterocycles. The van der Waals surface area contributed by atoms with Crippen LogP contribution < -0.4 is 5.32 Å². The van der Waals surface area contributed by atoms with Gasteiger partial charge in [0, 0.05) is 5.69 Å². The molecule has 4 heteroatoms. The summed E-state index contributed by atoms with van der Waals surface area (Å²) in [7, 11) is 0. The molecule has 0 amide bonds. The van der Waals surface area contributed by atoms with Crippen LogP contribution in [0.4, 0.5) is 11.5 Å². The smallest absolute Gasteiger partial charge is 0.171 e. The van der Waals surface area contributed by atoms with Crippen molar-refractivity contribution in [2.45, 2.75) is 40.5 Å². The highest BCUT2D eigenvalue weighted by molar-refractivity contribution is 5.67. The summed E-state index contributed by atoms with van der Waals surface area (Å²) in [5.74, 6) is 0.540. The molecule has 0 atom stereocenters. The predicted molar refractivity (Wildman–Crippen MR) is 84.7 cm³/mol. The lowest BCUT2D eigenvalue weighted by molar-refractivity contribution is 0.877. The van der Waals surface area contributed by atoms with Gasteiger partial charge in [-0.25, -0.2) is 0 Å². The molecule has 0 radical (unpaired) electrons. The van der Waals surface area contributed by atoms with Crippen LogP contribution >= 0.6 is 0 Å². The highest BCUT2D eigenvalue weighted by Crippen LogP contribution is 2.25. The molecule has 0 unspecified atom stereocenters. The fourth-order valence-electron chi connectivity index (χ4n) is 2.46. The number of nitriles is 1. The molecular formula is C17H20N4. The van der Waals surface area contributed by atoms with Gasteiger partial charge >= 0.3 is 0 Å². The van der Waals surface area contributed by atoms with Gasteiger partial charge in [0.05, 0.1) is 5.69 Å². The van der Waals surface area contributed by atoms with Gasteiger partial charge in [0.2, 0.25) is 0 Å². The largest absolute Gasteiger partial charge is 0.337 e. The van der Waals surface area contributed by atoms with Gasteiger partial charge in [0.15, 0.2) is 5.82 Å². The Labute approximate surface area is 125 Å². The van der Waals surface area contributed by atoms with E-state index < -0.39 is 0 Å². The number of nitrogens with one attached hydrogen (secondary N) is 1. The van der Waals surface area contributed by atoms with Gasteiger partial charge in [-0.3, -0.25) is 0 Å². The molecule has 1 aromatic heterocycles. The van der Waals surface area contributed by atoms with E-state index in [4.69, 9.17) is 0 Å². The summed E-state index contributed by atoms with van der Waals surface area (Å²) in [4.78, 5) is 0. The molecule has 0 saturated carbocycles. The molecule has 0 aliphatic heterocycles. The minimum atomic E-state index is 0.540. The predicted octanol–water partition coefficient (Wildman–Crippen LogP) is 3.83.